The monoisotopic (exact) mass is 372 g/mol. The second-order valence-corrected chi connectivity index (χ2v) is 9.22. The third-order valence-corrected chi connectivity index (χ3v) is 6.54. The van der Waals surface area contributed by atoms with Gasteiger partial charge in [-0.3, -0.25) is 14.6 Å². The third kappa shape index (κ3) is 4.18. The van der Waals surface area contributed by atoms with E-state index in [9.17, 15) is 13.2 Å². The van der Waals surface area contributed by atoms with Gasteiger partial charge in [0.15, 0.2) is 15.7 Å². The predicted molar refractivity (Wildman–Crippen MR) is 88.9 cm³/mol. The van der Waals surface area contributed by atoms with Crippen molar-refractivity contribution in [3.8, 4) is 0 Å². The maximum Gasteiger partial charge on any atom is 0.304 e. The summed E-state index contributed by atoms with van der Waals surface area (Å²) in [5, 5.41) is 12.9. The van der Waals surface area contributed by atoms with Crippen LogP contribution in [-0.4, -0.2) is 82.7 Å². The normalized spacial score (nSPS) is 26.8. The number of carboxylic acid groups (broad SMARTS) is 1. The first-order valence-corrected chi connectivity index (χ1v) is 10.3. The minimum absolute atomic E-state index is 0.0197. The van der Waals surface area contributed by atoms with E-state index in [2.05, 4.69) is 15.0 Å². The average Bonchev–Trinajstić information content (AvgIpc) is 3.10. The molecule has 0 saturated carbocycles. The molecule has 0 bridgehead atoms. The van der Waals surface area contributed by atoms with Gasteiger partial charge < -0.3 is 9.63 Å². The summed E-state index contributed by atoms with van der Waals surface area (Å²) in [5.74, 6) is 0.589. The maximum atomic E-state index is 12.2. The van der Waals surface area contributed by atoms with Gasteiger partial charge in [-0.25, -0.2) is 8.42 Å². The Labute approximate surface area is 146 Å². The van der Waals surface area contributed by atoms with Crippen molar-refractivity contribution in [3.63, 3.8) is 0 Å². The molecule has 2 aliphatic rings. The van der Waals surface area contributed by atoms with Gasteiger partial charge in [0.05, 0.1) is 24.5 Å². The fourth-order valence-corrected chi connectivity index (χ4v) is 5.60. The molecule has 0 unspecified atom stereocenters. The summed E-state index contributed by atoms with van der Waals surface area (Å²) in [7, 11) is -3.13. The molecular weight excluding hydrogens is 348 g/mol. The van der Waals surface area contributed by atoms with Crippen LogP contribution in [0.15, 0.2) is 4.52 Å². The Balaban J connectivity index is 1.72. The molecule has 1 aromatic rings. The van der Waals surface area contributed by atoms with Crippen LogP contribution in [0.2, 0.25) is 0 Å². The van der Waals surface area contributed by atoms with Crippen LogP contribution in [0.5, 0.6) is 0 Å². The smallest absolute Gasteiger partial charge is 0.304 e. The van der Waals surface area contributed by atoms with Crippen molar-refractivity contribution < 1.29 is 22.8 Å². The Hall–Kier alpha value is -1.52. The van der Waals surface area contributed by atoms with Crippen LogP contribution in [-0.2, 0) is 21.2 Å². The van der Waals surface area contributed by atoms with E-state index < -0.39 is 15.8 Å². The van der Waals surface area contributed by atoms with Crippen LogP contribution in [0.3, 0.4) is 0 Å². The molecule has 1 N–H and O–H groups in total. The Kier molecular flexibility index (Phi) is 5.12. The molecule has 0 aromatic carbocycles. The van der Waals surface area contributed by atoms with Crippen LogP contribution in [0.1, 0.15) is 37.9 Å². The Bertz CT molecular complexity index is 732. The van der Waals surface area contributed by atoms with Crippen molar-refractivity contribution >= 4 is 15.8 Å². The summed E-state index contributed by atoms with van der Waals surface area (Å²) in [6, 6.07) is -0.330. The summed E-state index contributed by atoms with van der Waals surface area (Å²) in [6.45, 7) is 6.05. The quantitative estimate of drug-likeness (QED) is 0.733. The summed E-state index contributed by atoms with van der Waals surface area (Å²) in [6.07, 6.45) is 0.0197. The van der Waals surface area contributed by atoms with Crippen LogP contribution in [0.25, 0.3) is 0 Å². The topological polar surface area (TPSA) is 117 Å². The molecule has 0 amide bonds. The zero-order chi connectivity index (χ0) is 18.2. The molecule has 1 aromatic heterocycles. The van der Waals surface area contributed by atoms with E-state index in [1.165, 1.54) is 0 Å². The molecular formula is C15H24N4O5S. The van der Waals surface area contributed by atoms with Crippen LogP contribution >= 0.6 is 0 Å². The Morgan fingerprint density at radius 2 is 1.92 bits per heavy atom. The highest BCUT2D eigenvalue weighted by atomic mass is 32.2. The molecule has 3 heterocycles. The second-order valence-electron chi connectivity index (χ2n) is 7.07. The number of nitrogens with zero attached hydrogens (tertiary/aromatic N) is 4. The number of carbonyl (C=O) groups is 1. The Morgan fingerprint density at radius 3 is 2.52 bits per heavy atom. The second kappa shape index (κ2) is 7.00. The third-order valence-electron chi connectivity index (χ3n) is 4.84. The predicted octanol–water partition coefficient (Wildman–Crippen LogP) is -0.0491. The van der Waals surface area contributed by atoms with E-state index in [1.54, 1.807) is 0 Å². The molecule has 2 fully saturated rings. The largest absolute Gasteiger partial charge is 0.481 e. The summed E-state index contributed by atoms with van der Waals surface area (Å²) in [5.41, 5.74) is 0. The highest BCUT2D eigenvalue weighted by molar-refractivity contribution is 7.91. The standard InChI is InChI=1S/C15H24N4O5S/c1-10(2)15-16-13(17-24-15)7-19-6-5-18(4-3-14(20)21)11-8-25(22,23)9-12(11)19/h10-12H,3-9H2,1-2H3,(H,20,21)/t11-,12+/m1/s1. The fourth-order valence-electron chi connectivity index (χ4n) is 3.56. The molecule has 9 nitrogen and oxygen atoms in total. The molecule has 25 heavy (non-hydrogen) atoms. The van der Waals surface area contributed by atoms with Gasteiger partial charge in [0.25, 0.3) is 0 Å². The van der Waals surface area contributed by atoms with Gasteiger partial charge in [-0.2, -0.15) is 4.98 Å². The number of aromatic nitrogens is 2. The van der Waals surface area contributed by atoms with Gasteiger partial charge in [-0.15, -0.1) is 0 Å². The number of hydrogen-bond acceptors (Lipinski definition) is 8. The number of hydrogen-bond donors (Lipinski definition) is 1. The lowest BCUT2D eigenvalue weighted by molar-refractivity contribution is -0.137. The lowest BCUT2D eigenvalue weighted by Crippen LogP contribution is -2.59. The molecule has 0 spiro atoms. The highest BCUT2D eigenvalue weighted by Crippen LogP contribution is 2.28. The summed E-state index contributed by atoms with van der Waals surface area (Å²) < 4.78 is 29.5. The molecule has 3 rings (SSSR count). The first kappa shape index (κ1) is 18.3. The van der Waals surface area contributed by atoms with Crippen LogP contribution < -0.4 is 0 Å². The minimum atomic E-state index is -3.13. The zero-order valence-corrected chi connectivity index (χ0v) is 15.3. The first-order valence-electron chi connectivity index (χ1n) is 8.48. The number of sulfone groups is 1. The van der Waals surface area contributed by atoms with Crippen molar-refractivity contribution in [2.24, 2.45) is 0 Å². The van der Waals surface area contributed by atoms with E-state index in [0.29, 0.717) is 37.9 Å². The van der Waals surface area contributed by atoms with E-state index in [-0.39, 0.29) is 35.9 Å². The van der Waals surface area contributed by atoms with Gasteiger partial charge in [0.1, 0.15) is 0 Å². The van der Waals surface area contributed by atoms with Crippen molar-refractivity contribution in [1.82, 2.24) is 19.9 Å². The average molecular weight is 372 g/mol. The molecule has 2 aliphatic heterocycles. The number of piperazine rings is 1. The molecule has 10 heteroatoms. The number of fused-ring (bicyclic) bond motifs is 1. The van der Waals surface area contributed by atoms with Gasteiger partial charge in [-0.05, 0) is 0 Å². The number of aliphatic carboxylic acids is 1. The van der Waals surface area contributed by atoms with Crippen molar-refractivity contribution in [1.29, 1.82) is 0 Å². The molecule has 140 valence electrons. The van der Waals surface area contributed by atoms with Gasteiger partial charge >= 0.3 is 5.97 Å². The summed E-state index contributed by atoms with van der Waals surface area (Å²) >= 11 is 0. The number of carboxylic acids is 1. The fraction of sp³-hybridized carbons (Fsp3) is 0.800. The molecule has 2 atom stereocenters. The van der Waals surface area contributed by atoms with Crippen molar-refractivity contribution in [2.45, 2.75) is 44.8 Å². The highest BCUT2D eigenvalue weighted by Gasteiger charge is 2.46. The maximum absolute atomic E-state index is 12.2. The molecule has 2 saturated heterocycles. The Morgan fingerprint density at radius 1 is 1.28 bits per heavy atom. The lowest BCUT2D eigenvalue weighted by Gasteiger charge is -2.43. The SMILES string of the molecule is CC(C)c1nc(CN2CCN(CCC(=O)O)[C@@H]3CS(=O)(=O)C[C@@H]32)no1. The van der Waals surface area contributed by atoms with E-state index >= 15 is 0 Å². The van der Waals surface area contributed by atoms with Crippen LogP contribution in [0.4, 0.5) is 0 Å². The lowest BCUT2D eigenvalue weighted by atomic mass is 10.0. The van der Waals surface area contributed by atoms with Gasteiger partial charge in [-0.1, -0.05) is 19.0 Å². The van der Waals surface area contributed by atoms with Gasteiger partial charge in [0, 0.05) is 37.6 Å². The van der Waals surface area contributed by atoms with Gasteiger partial charge in [0.2, 0.25) is 5.89 Å². The zero-order valence-electron chi connectivity index (χ0n) is 14.5. The minimum Gasteiger partial charge on any atom is -0.481 e. The molecule has 0 aliphatic carbocycles. The van der Waals surface area contributed by atoms with Crippen molar-refractivity contribution in [3.05, 3.63) is 11.7 Å². The number of rotatable bonds is 6. The first-order chi connectivity index (χ1) is 11.7. The summed E-state index contributed by atoms with van der Waals surface area (Å²) in [4.78, 5) is 19.3. The van der Waals surface area contributed by atoms with Crippen molar-refractivity contribution in [2.75, 3.05) is 31.1 Å². The molecule has 0 radical (unpaired) electrons. The van der Waals surface area contributed by atoms with E-state index in [4.69, 9.17) is 9.63 Å². The van der Waals surface area contributed by atoms with E-state index in [1.807, 2.05) is 18.7 Å². The van der Waals surface area contributed by atoms with E-state index in [0.717, 1.165) is 0 Å². The van der Waals surface area contributed by atoms with Crippen LogP contribution in [0, 0.1) is 0 Å².